The van der Waals surface area contributed by atoms with Crippen molar-refractivity contribution in [2.24, 2.45) is 5.92 Å². The summed E-state index contributed by atoms with van der Waals surface area (Å²) in [5, 5.41) is 14.0. The van der Waals surface area contributed by atoms with Crippen LogP contribution in [0, 0.1) is 12.8 Å². The lowest BCUT2D eigenvalue weighted by Crippen LogP contribution is -2.19. The summed E-state index contributed by atoms with van der Waals surface area (Å²) in [6.45, 7) is 9.18. The topological polar surface area (TPSA) is 18.5 Å². The fourth-order valence-corrected chi connectivity index (χ4v) is 9.50. The van der Waals surface area contributed by atoms with Crippen molar-refractivity contribution in [1.29, 1.82) is 0 Å². The quantitative estimate of drug-likeness (QED) is 0.162. The lowest BCUT2D eigenvalue weighted by molar-refractivity contribution is 0.420. The Labute approximate surface area is 310 Å². The fraction of sp³-hybridized carbons (Fsp3) is 0.176. The molecule has 2 heteroatoms. The smallest absolute Gasteiger partial charge is 0.127 e. The van der Waals surface area contributed by atoms with E-state index in [-0.39, 0.29) is 5.41 Å². The molecule has 0 bridgehead atoms. The van der Waals surface area contributed by atoms with Crippen LogP contribution in [0.1, 0.15) is 43.0 Å². The van der Waals surface area contributed by atoms with Crippen LogP contribution in [0.25, 0.3) is 82.2 Å². The van der Waals surface area contributed by atoms with Gasteiger partial charge >= 0.3 is 0 Å². The molecule has 0 amide bonds. The van der Waals surface area contributed by atoms with Gasteiger partial charge in [-0.2, -0.15) is 0 Å². The molecule has 0 N–H and O–H groups in total. The third kappa shape index (κ3) is 4.71. The maximum absolute atomic E-state index is 6.08. The normalized spacial score (nSPS) is 14.5. The first kappa shape index (κ1) is 31.8. The average molecular weight is 687 g/mol. The van der Waals surface area contributed by atoms with Gasteiger partial charge in [0.1, 0.15) is 11.5 Å². The molecule has 1 aliphatic rings. The highest BCUT2D eigenvalue weighted by Gasteiger charge is 2.26. The molecule has 9 aromatic rings. The van der Waals surface area contributed by atoms with Gasteiger partial charge in [-0.3, -0.25) is 0 Å². The van der Waals surface area contributed by atoms with Gasteiger partial charge in [0.15, 0.2) is 0 Å². The molecule has 0 aromatic heterocycles. The Balaban J connectivity index is 1.12. The monoisotopic (exact) mass is 686 g/mol. The van der Waals surface area contributed by atoms with Crippen molar-refractivity contribution in [1.82, 2.24) is 0 Å². The van der Waals surface area contributed by atoms with Gasteiger partial charge in [0.05, 0.1) is 14.2 Å². The highest BCUT2D eigenvalue weighted by Crippen LogP contribution is 2.46. The zero-order chi connectivity index (χ0) is 36.2. The molecule has 1 unspecified atom stereocenters. The van der Waals surface area contributed by atoms with Crippen molar-refractivity contribution >= 4 is 59.9 Å². The summed E-state index contributed by atoms with van der Waals surface area (Å²) in [6, 6.07) is 45.6. The van der Waals surface area contributed by atoms with E-state index in [1.165, 1.54) is 98.2 Å². The Kier molecular flexibility index (Phi) is 6.95. The van der Waals surface area contributed by atoms with Crippen molar-refractivity contribution in [3.05, 3.63) is 149 Å². The van der Waals surface area contributed by atoms with E-state index in [0.717, 1.165) is 23.3 Å². The zero-order valence-electron chi connectivity index (χ0n) is 31.2. The predicted octanol–water partition coefficient (Wildman–Crippen LogP) is 12.6. The summed E-state index contributed by atoms with van der Waals surface area (Å²) >= 11 is 0. The molecule has 0 saturated carbocycles. The van der Waals surface area contributed by atoms with Gasteiger partial charge in [0, 0.05) is 27.0 Å². The molecular weight excluding hydrogens is 645 g/mol. The minimum Gasteiger partial charge on any atom is -0.496 e. The molecule has 0 aliphatic heterocycles. The molecule has 0 saturated heterocycles. The first-order valence-electron chi connectivity index (χ1n) is 18.8. The molecule has 0 heterocycles. The van der Waals surface area contributed by atoms with Gasteiger partial charge < -0.3 is 9.47 Å². The minimum atomic E-state index is -0.267. The maximum atomic E-state index is 6.08. The number of hydrogen-bond donors (Lipinski definition) is 0. The Bertz CT molecular complexity index is 2980. The summed E-state index contributed by atoms with van der Waals surface area (Å²) in [6.07, 6.45) is 3.50. The van der Waals surface area contributed by atoms with E-state index in [0.29, 0.717) is 5.92 Å². The third-order valence-electron chi connectivity index (χ3n) is 12.2. The molecule has 0 fully saturated rings. The van der Waals surface area contributed by atoms with Gasteiger partial charge in [-0.25, -0.2) is 0 Å². The Morgan fingerprint density at radius 2 is 1.08 bits per heavy atom. The van der Waals surface area contributed by atoms with Crippen LogP contribution in [-0.4, -0.2) is 14.2 Å². The number of ether oxygens (including phenoxy) is 2. The summed E-state index contributed by atoms with van der Waals surface area (Å²) in [5.41, 5.74) is 9.76. The molecule has 0 radical (unpaired) electrons. The molecule has 0 spiro atoms. The van der Waals surface area contributed by atoms with Crippen LogP contribution in [0.5, 0.6) is 11.5 Å². The average Bonchev–Trinajstić information content (AvgIpc) is 3.18. The highest BCUT2D eigenvalue weighted by atomic mass is 16.5. The first-order chi connectivity index (χ1) is 25.7. The van der Waals surface area contributed by atoms with Crippen LogP contribution in [0.4, 0.5) is 0 Å². The van der Waals surface area contributed by atoms with E-state index in [1.54, 1.807) is 14.2 Å². The van der Waals surface area contributed by atoms with Crippen LogP contribution < -0.4 is 14.7 Å². The van der Waals surface area contributed by atoms with Crippen molar-refractivity contribution in [2.75, 3.05) is 14.2 Å². The molecule has 258 valence electrons. The molecule has 10 rings (SSSR count). The lowest BCUT2D eigenvalue weighted by atomic mass is 9.76. The van der Waals surface area contributed by atoms with Crippen LogP contribution >= 0.6 is 0 Å². The fourth-order valence-electron chi connectivity index (χ4n) is 9.50. The second kappa shape index (κ2) is 11.6. The zero-order valence-corrected chi connectivity index (χ0v) is 31.2. The number of methoxy groups -OCH3 is 2. The summed E-state index contributed by atoms with van der Waals surface area (Å²) in [5.74, 6) is 2.36. The first-order valence-corrected chi connectivity index (χ1v) is 18.8. The number of aryl methyl sites for hydroxylation is 1. The lowest BCUT2D eigenvalue weighted by Gasteiger charge is -2.28. The molecular formula is C51H42O2. The summed E-state index contributed by atoms with van der Waals surface area (Å²) in [4.78, 5) is 0. The Morgan fingerprint density at radius 1 is 0.547 bits per heavy atom. The Morgan fingerprint density at radius 3 is 1.66 bits per heavy atom. The second-order valence-electron chi connectivity index (χ2n) is 15.8. The van der Waals surface area contributed by atoms with E-state index >= 15 is 0 Å². The molecule has 53 heavy (non-hydrogen) atoms. The molecule has 9 aromatic carbocycles. The van der Waals surface area contributed by atoms with E-state index < -0.39 is 0 Å². The SMILES string of the molecule is COc1cc(-c2cccc(C(C)(C)c3cccc(-c4cc(OC)c5ccc6cc(C)cc7ccc4c5c67)c3)c2)c2ccc3c4c(ccc1c24)CC(C)C=3. The minimum absolute atomic E-state index is 0.267. The van der Waals surface area contributed by atoms with Gasteiger partial charge in [0.2, 0.25) is 0 Å². The summed E-state index contributed by atoms with van der Waals surface area (Å²) in [7, 11) is 3.58. The standard InChI is InChI=1S/C51H42O2/c1-29-21-33-13-17-39-43(27-45(52-5)41-19-15-35(23-29)47(33)49(39)41)31-9-7-11-37(25-31)51(3,4)38-12-8-10-32(26-38)44-28-46(53-6)42-20-16-36-24-30(2)22-34-14-18-40(44)50(42)48(34)36/h7-23,25-28,30H,24H2,1-6H3. The van der Waals surface area contributed by atoms with Crippen LogP contribution in [0.3, 0.4) is 0 Å². The number of rotatable bonds is 6. The van der Waals surface area contributed by atoms with E-state index in [4.69, 9.17) is 9.47 Å². The third-order valence-corrected chi connectivity index (χ3v) is 12.2. The molecule has 1 atom stereocenters. The van der Waals surface area contributed by atoms with Gasteiger partial charge in [-0.15, -0.1) is 0 Å². The second-order valence-corrected chi connectivity index (χ2v) is 15.8. The van der Waals surface area contributed by atoms with E-state index in [2.05, 4.69) is 155 Å². The Hall–Kier alpha value is -5.86. The number of benzene rings is 9. The highest BCUT2D eigenvalue weighted by molar-refractivity contribution is 6.27. The molecule has 1 aliphatic carbocycles. The van der Waals surface area contributed by atoms with E-state index in [9.17, 15) is 0 Å². The predicted molar refractivity (Wildman–Crippen MR) is 225 cm³/mol. The largest absolute Gasteiger partial charge is 0.496 e. The van der Waals surface area contributed by atoms with Crippen molar-refractivity contribution < 1.29 is 9.47 Å². The van der Waals surface area contributed by atoms with Crippen LogP contribution in [-0.2, 0) is 11.8 Å². The maximum Gasteiger partial charge on any atom is 0.127 e. The van der Waals surface area contributed by atoms with Crippen molar-refractivity contribution in [2.45, 2.75) is 39.5 Å². The summed E-state index contributed by atoms with van der Waals surface area (Å²) < 4.78 is 12.1. The van der Waals surface area contributed by atoms with E-state index in [1.807, 2.05) is 0 Å². The van der Waals surface area contributed by atoms with Gasteiger partial charge in [-0.1, -0.05) is 130 Å². The molecule has 2 nitrogen and oxygen atoms in total. The van der Waals surface area contributed by atoms with Crippen LogP contribution in [0.15, 0.2) is 121 Å². The van der Waals surface area contributed by atoms with Gasteiger partial charge in [-0.05, 0) is 120 Å². The van der Waals surface area contributed by atoms with Gasteiger partial charge in [0.25, 0.3) is 0 Å². The number of hydrogen-bond acceptors (Lipinski definition) is 2. The van der Waals surface area contributed by atoms with Crippen molar-refractivity contribution in [3.63, 3.8) is 0 Å². The van der Waals surface area contributed by atoms with Crippen LogP contribution in [0.2, 0.25) is 0 Å². The van der Waals surface area contributed by atoms with Crippen molar-refractivity contribution in [3.8, 4) is 33.8 Å².